The molecule has 30 heavy (non-hydrogen) atoms. The smallest absolute Gasteiger partial charge is 0.401 e. The third kappa shape index (κ3) is 3.78. The Bertz CT molecular complexity index is 1330. The molecule has 0 amide bonds. The zero-order chi connectivity index (χ0) is 21.6. The van der Waals surface area contributed by atoms with Gasteiger partial charge in [-0.1, -0.05) is 23.2 Å². The lowest BCUT2D eigenvalue weighted by Crippen LogP contribution is -2.16. The number of alkyl halides is 3. The second-order valence-electron chi connectivity index (χ2n) is 6.43. The summed E-state index contributed by atoms with van der Waals surface area (Å²) in [7, 11) is 0. The number of aryl methyl sites for hydroxylation is 1. The highest BCUT2D eigenvalue weighted by atomic mass is 35.5. The summed E-state index contributed by atoms with van der Waals surface area (Å²) >= 11 is 12.0. The first kappa shape index (κ1) is 20.4. The van der Waals surface area contributed by atoms with Crippen molar-refractivity contribution in [2.24, 2.45) is 0 Å². The monoisotopic (exact) mass is 454 g/mol. The average Bonchev–Trinajstić information content (AvgIpc) is 3.09. The summed E-state index contributed by atoms with van der Waals surface area (Å²) in [4.78, 5) is 20.5. The van der Waals surface area contributed by atoms with E-state index in [2.05, 4.69) is 15.1 Å². The molecule has 0 aliphatic rings. The van der Waals surface area contributed by atoms with Crippen molar-refractivity contribution in [3.8, 4) is 11.6 Å². The van der Waals surface area contributed by atoms with Crippen molar-refractivity contribution in [1.82, 2.24) is 19.7 Å². The predicted molar refractivity (Wildman–Crippen MR) is 105 cm³/mol. The third-order valence-corrected chi connectivity index (χ3v) is 4.87. The van der Waals surface area contributed by atoms with Gasteiger partial charge in [0.1, 0.15) is 11.4 Å². The molecule has 4 rings (SSSR count). The maximum absolute atomic E-state index is 13.6. The lowest BCUT2D eigenvalue weighted by Gasteiger charge is -2.10. The van der Waals surface area contributed by atoms with Gasteiger partial charge in [-0.3, -0.25) is 9.67 Å². The summed E-state index contributed by atoms with van der Waals surface area (Å²) in [5.41, 5.74) is -1.04. The molecule has 0 saturated heterocycles. The Balaban J connectivity index is 1.87. The highest BCUT2D eigenvalue weighted by Crippen LogP contribution is 2.33. The topological polar surface area (TPSA) is 73.8 Å². The van der Waals surface area contributed by atoms with E-state index in [1.165, 1.54) is 18.3 Å². The van der Waals surface area contributed by atoms with Crippen molar-refractivity contribution in [3.05, 3.63) is 73.9 Å². The first-order valence-corrected chi connectivity index (χ1v) is 9.25. The van der Waals surface area contributed by atoms with Gasteiger partial charge < -0.3 is 4.42 Å². The average molecular weight is 455 g/mol. The second kappa shape index (κ2) is 7.41. The first-order valence-electron chi connectivity index (χ1n) is 8.49. The molecule has 3 aromatic heterocycles. The zero-order valence-corrected chi connectivity index (χ0v) is 16.7. The van der Waals surface area contributed by atoms with E-state index < -0.39 is 17.5 Å². The number of hydrogen-bond acceptors (Lipinski definition) is 5. The summed E-state index contributed by atoms with van der Waals surface area (Å²) in [6.07, 6.45) is -3.30. The van der Waals surface area contributed by atoms with E-state index in [9.17, 15) is 18.0 Å². The maximum atomic E-state index is 13.6. The summed E-state index contributed by atoms with van der Waals surface area (Å²) < 4.78 is 46.6. The Kier molecular flexibility index (Phi) is 5.03. The molecule has 1 aromatic carbocycles. The van der Waals surface area contributed by atoms with Crippen LogP contribution in [-0.4, -0.2) is 19.7 Å². The SMILES string of the molecule is Cc1cc(Cl)cc2c(=O)oc(-c3cc(C(F)(F)F)n(Cc4ncccc4Cl)n3)nc12. The van der Waals surface area contributed by atoms with Crippen LogP contribution in [-0.2, 0) is 12.7 Å². The summed E-state index contributed by atoms with van der Waals surface area (Å²) in [6.45, 7) is 1.34. The van der Waals surface area contributed by atoms with Crippen LogP contribution in [0.5, 0.6) is 0 Å². The first-order chi connectivity index (χ1) is 14.1. The fourth-order valence-electron chi connectivity index (χ4n) is 2.96. The van der Waals surface area contributed by atoms with Crippen molar-refractivity contribution < 1.29 is 17.6 Å². The van der Waals surface area contributed by atoms with E-state index in [0.29, 0.717) is 15.3 Å². The quantitative estimate of drug-likeness (QED) is 0.429. The minimum Gasteiger partial charge on any atom is -0.401 e. The standard InChI is InChI=1S/C19H11Cl2F3N4O2/c1-9-5-10(20)6-11-16(9)26-17(30-18(11)29)13-7-15(19(22,23)24)28(27-13)8-14-12(21)3-2-4-25-14/h2-7H,8H2,1H3. The van der Waals surface area contributed by atoms with Crippen LogP contribution in [0.15, 0.2) is 45.7 Å². The van der Waals surface area contributed by atoms with Crippen LogP contribution in [0.3, 0.4) is 0 Å². The molecule has 3 heterocycles. The molecule has 0 radical (unpaired) electrons. The van der Waals surface area contributed by atoms with Crippen LogP contribution in [0.1, 0.15) is 17.0 Å². The molecule has 4 aromatic rings. The minimum absolute atomic E-state index is 0.125. The Morgan fingerprint density at radius 3 is 2.67 bits per heavy atom. The van der Waals surface area contributed by atoms with Crippen molar-refractivity contribution in [3.63, 3.8) is 0 Å². The van der Waals surface area contributed by atoms with Crippen molar-refractivity contribution in [1.29, 1.82) is 0 Å². The van der Waals surface area contributed by atoms with Gasteiger partial charge in [-0.15, -0.1) is 0 Å². The van der Waals surface area contributed by atoms with Crippen LogP contribution in [0.2, 0.25) is 10.0 Å². The van der Waals surface area contributed by atoms with E-state index >= 15 is 0 Å². The third-order valence-electron chi connectivity index (χ3n) is 4.31. The zero-order valence-electron chi connectivity index (χ0n) is 15.2. The number of fused-ring (bicyclic) bond motifs is 1. The minimum atomic E-state index is -4.72. The van der Waals surface area contributed by atoms with Gasteiger partial charge in [-0.25, -0.2) is 9.78 Å². The number of pyridine rings is 1. The molecular formula is C19H11Cl2F3N4O2. The number of halogens is 5. The van der Waals surface area contributed by atoms with Gasteiger partial charge in [-0.2, -0.15) is 18.3 Å². The van der Waals surface area contributed by atoms with E-state index in [4.69, 9.17) is 27.6 Å². The number of nitrogens with zero attached hydrogens (tertiary/aromatic N) is 4. The molecular weight excluding hydrogens is 444 g/mol. The molecule has 6 nitrogen and oxygen atoms in total. The number of rotatable bonds is 3. The lowest BCUT2D eigenvalue weighted by molar-refractivity contribution is -0.144. The van der Waals surface area contributed by atoms with Crippen LogP contribution < -0.4 is 5.63 Å². The fraction of sp³-hybridized carbons (Fsp3) is 0.158. The molecule has 11 heteroatoms. The summed E-state index contributed by atoms with van der Waals surface area (Å²) in [5, 5.41) is 4.60. The van der Waals surface area contributed by atoms with Gasteiger partial charge in [0.25, 0.3) is 5.89 Å². The summed E-state index contributed by atoms with van der Waals surface area (Å²) in [6, 6.07) is 6.81. The normalized spacial score (nSPS) is 11.9. The van der Waals surface area contributed by atoms with E-state index in [1.807, 2.05) is 0 Å². The molecule has 0 saturated carbocycles. The van der Waals surface area contributed by atoms with Gasteiger partial charge in [0.2, 0.25) is 0 Å². The molecule has 154 valence electrons. The van der Waals surface area contributed by atoms with Crippen molar-refractivity contribution >= 4 is 34.1 Å². The maximum Gasteiger partial charge on any atom is 0.433 e. The van der Waals surface area contributed by atoms with Crippen molar-refractivity contribution in [2.75, 3.05) is 0 Å². The Labute approximate surface area is 176 Å². The van der Waals surface area contributed by atoms with Crippen LogP contribution >= 0.6 is 23.2 Å². The molecule has 0 spiro atoms. The van der Waals surface area contributed by atoms with Gasteiger partial charge in [0.05, 0.1) is 28.2 Å². The number of aromatic nitrogens is 4. The summed E-state index contributed by atoms with van der Waals surface area (Å²) in [5.74, 6) is -0.339. The molecule has 0 aliphatic heterocycles. The predicted octanol–water partition coefficient (Wildman–Crippen LogP) is 5.13. The van der Waals surface area contributed by atoms with E-state index in [1.54, 1.807) is 19.1 Å². The fourth-order valence-corrected chi connectivity index (χ4v) is 3.42. The highest BCUT2D eigenvalue weighted by Gasteiger charge is 2.36. The Morgan fingerprint density at radius 1 is 1.20 bits per heavy atom. The van der Waals surface area contributed by atoms with Gasteiger partial charge in [-0.05, 0) is 36.8 Å². The molecule has 0 fully saturated rings. The molecule has 0 bridgehead atoms. The van der Waals surface area contributed by atoms with Gasteiger partial charge in [0.15, 0.2) is 0 Å². The largest absolute Gasteiger partial charge is 0.433 e. The highest BCUT2D eigenvalue weighted by molar-refractivity contribution is 6.31. The number of benzene rings is 1. The second-order valence-corrected chi connectivity index (χ2v) is 7.27. The number of hydrogen-bond donors (Lipinski definition) is 0. The van der Waals surface area contributed by atoms with Gasteiger partial charge in [0, 0.05) is 17.3 Å². The molecule has 0 unspecified atom stereocenters. The van der Waals surface area contributed by atoms with Crippen molar-refractivity contribution in [2.45, 2.75) is 19.6 Å². The molecule has 0 aliphatic carbocycles. The van der Waals surface area contributed by atoms with Crippen LogP contribution in [0, 0.1) is 6.92 Å². The molecule has 0 atom stereocenters. The van der Waals surface area contributed by atoms with Crippen LogP contribution in [0.25, 0.3) is 22.5 Å². The lowest BCUT2D eigenvalue weighted by atomic mass is 10.1. The van der Waals surface area contributed by atoms with E-state index in [0.717, 1.165) is 6.07 Å². The Hall–Kier alpha value is -2.91. The van der Waals surface area contributed by atoms with Gasteiger partial charge >= 0.3 is 11.8 Å². The van der Waals surface area contributed by atoms with Crippen LogP contribution in [0.4, 0.5) is 13.2 Å². The molecule has 0 N–H and O–H groups in total. The van der Waals surface area contributed by atoms with E-state index in [-0.39, 0.29) is 39.7 Å². The Morgan fingerprint density at radius 2 is 1.97 bits per heavy atom.